The van der Waals surface area contributed by atoms with Gasteiger partial charge in [-0.2, -0.15) is 15.0 Å². The summed E-state index contributed by atoms with van der Waals surface area (Å²) in [7, 11) is 0. The zero-order valence-corrected chi connectivity index (χ0v) is 13.0. The predicted octanol–water partition coefficient (Wildman–Crippen LogP) is 1.61. The third kappa shape index (κ3) is 2.96. The van der Waals surface area contributed by atoms with Crippen LogP contribution in [0.1, 0.15) is 30.1 Å². The Kier molecular flexibility index (Phi) is 4.38. The normalized spacial score (nSPS) is 21.4. The molecule has 0 radical (unpaired) electrons. The van der Waals surface area contributed by atoms with E-state index in [0.717, 1.165) is 12.8 Å². The SMILES string of the molecule is C[C@@H]1CCCN(C(=O)c2cc(F)ccc2-n2nccn2)[C@@H]1CN. The number of benzene rings is 1. The number of carbonyl (C=O) groups is 1. The number of carbonyl (C=O) groups excluding carboxylic acids is 1. The molecule has 0 bridgehead atoms. The van der Waals surface area contributed by atoms with E-state index >= 15 is 0 Å². The van der Waals surface area contributed by atoms with Gasteiger partial charge in [-0.3, -0.25) is 4.79 Å². The van der Waals surface area contributed by atoms with Gasteiger partial charge < -0.3 is 10.6 Å². The summed E-state index contributed by atoms with van der Waals surface area (Å²) in [4.78, 5) is 16.1. The molecule has 0 saturated carbocycles. The lowest BCUT2D eigenvalue weighted by atomic mass is 9.90. The molecule has 2 N–H and O–H groups in total. The van der Waals surface area contributed by atoms with E-state index < -0.39 is 5.82 Å². The quantitative estimate of drug-likeness (QED) is 0.933. The highest BCUT2D eigenvalue weighted by Gasteiger charge is 2.32. The van der Waals surface area contributed by atoms with Gasteiger partial charge in [-0.15, -0.1) is 0 Å². The number of likely N-dealkylation sites (tertiary alicyclic amines) is 1. The van der Waals surface area contributed by atoms with Crippen molar-refractivity contribution in [3.05, 3.63) is 42.0 Å². The molecule has 1 saturated heterocycles. The van der Waals surface area contributed by atoms with E-state index in [9.17, 15) is 9.18 Å². The van der Waals surface area contributed by atoms with Crippen LogP contribution >= 0.6 is 0 Å². The van der Waals surface area contributed by atoms with Crippen molar-refractivity contribution < 1.29 is 9.18 Å². The van der Waals surface area contributed by atoms with Gasteiger partial charge in [0.1, 0.15) is 5.82 Å². The second-order valence-corrected chi connectivity index (χ2v) is 5.90. The minimum Gasteiger partial charge on any atom is -0.334 e. The largest absolute Gasteiger partial charge is 0.334 e. The molecule has 7 heteroatoms. The topological polar surface area (TPSA) is 77.0 Å². The van der Waals surface area contributed by atoms with Crippen LogP contribution in [0, 0.1) is 11.7 Å². The van der Waals surface area contributed by atoms with Crippen LogP contribution in [0.15, 0.2) is 30.6 Å². The zero-order valence-electron chi connectivity index (χ0n) is 13.0. The molecule has 3 rings (SSSR count). The molecule has 1 fully saturated rings. The lowest BCUT2D eigenvalue weighted by Gasteiger charge is -2.39. The molecule has 2 atom stereocenters. The van der Waals surface area contributed by atoms with E-state index in [4.69, 9.17) is 5.73 Å². The molecule has 2 heterocycles. The molecular formula is C16H20FN5O. The number of rotatable bonds is 3. The maximum absolute atomic E-state index is 13.7. The van der Waals surface area contributed by atoms with E-state index in [1.807, 2.05) is 0 Å². The Bertz CT molecular complexity index is 688. The van der Waals surface area contributed by atoms with E-state index in [1.54, 1.807) is 4.90 Å². The molecular weight excluding hydrogens is 297 g/mol. The van der Waals surface area contributed by atoms with Crippen molar-refractivity contribution in [3.63, 3.8) is 0 Å². The third-order valence-electron chi connectivity index (χ3n) is 4.44. The Hall–Kier alpha value is -2.28. The molecule has 1 aliphatic heterocycles. The Labute approximate surface area is 134 Å². The van der Waals surface area contributed by atoms with Crippen molar-refractivity contribution >= 4 is 5.91 Å². The van der Waals surface area contributed by atoms with Gasteiger partial charge in [0, 0.05) is 19.1 Å². The van der Waals surface area contributed by atoms with Gasteiger partial charge in [0.05, 0.1) is 23.6 Å². The molecule has 0 aliphatic carbocycles. The molecule has 1 aromatic heterocycles. The van der Waals surface area contributed by atoms with Gasteiger partial charge in [-0.25, -0.2) is 4.39 Å². The van der Waals surface area contributed by atoms with Gasteiger partial charge in [0.25, 0.3) is 5.91 Å². The summed E-state index contributed by atoms with van der Waals surface area (Å²) < 4.78 is 13.7. The van der Waals surface area contributed by atoms with Crippen LogP contribution in [-0.4, -0.2) is 44.9 Å². The summed E-state index contributed by atoms with van der Waals surface area (Å²) in [5.74, 6) is -0.352. The number of amides is 1. The average Bonchev–Trinajstić information content (AvgIpc) is 3.08. The molecule has 6 nitrogen and oxygen atoms in total. The molecule has 0 unspecified atom stereocenters. The van der Waals surface area contributed by atoms with Crippen LogP contribution in [0.25, 0.3) is 5.69 Å². The second-order valence-electron chi connectivity index (χ2n) is 5.90. The Morgan fingerprint density at radius 2 is 2.13 bits per heavy atom. The first-order valence-electron chi connectivity index (χ1n) is 7.79. The van der Waals surface area contributed by atoms with E-state index in [0.29, 0.717) is 24.7 Å². The Balaban J connectivity index is 2.00. The highest BCUT2D eigenvalue weighted by atomic mass is 19.1. The van der Waals surface area contributed by atoms with Crippen LogP contribution in [0.3, 0.4) is 0 Å². The second kappa shape index (κ2) is 6.45. The van der Waals surface area contributed by atoms with Gasteiger partial charge in [-0.05, 0) is 37.0 Å². The van der Waals surface area contributed by atoms with Crippen molar-refractivity contribution in [1.82, 2.24) is 19.9 Å². The van der Waals surface area contributed by atoms with Crippen molar-refractivity contribution in [2.75, 3.05) is 13.1 Å². The van der Waals surface area contributed by atoms with E-state index in [-0.39, 0.29) is 17.5 Å². The number of piperidine rings is 1. The number of aromatic nitrogens is 3. The summed E-state index contributed by atoms with van der Waals surface area (Å²) in [5.41, 5.74) is 6.59. The average molecular weight is 317 g/mol. The maximum Gasteiger partial charge on any atom is 0.256 e. The van der Waals surface area contributed by atoms with Crippen molar-refractivity contribution in [2.24, 2.45) is 11.7 Å². The molecule has 1 amide bonds. The minimum absolute atomic E-state index is 0.0297. The highest BCUT2D eigenvalue weighted by Crippen LogP contribution is 2.26. The fourth-order valence-electron chi connectivity index (χ4n) is 3.21. The zero-order chi connectivity index (χ0) is 16.4. The van der Waals surface area contributed by atoms with Crippen molar-refractivity contribution in [2.45, 2.75) is 25.8 Å². The van der Waals surface area contributed by atoms with E-state index in [1.165, 1.54) is 35.4 Å². The highest BCUT2D eigenvalue weighted by molar-refractivity contribution is 5.98. The summed E-state index contributed by atoms with van der Waals surface area (Å²) in [5, 5.41) is 8.09. The molecule has 122 valence electrons. The molecule has 2 aromatic rings. The summed E-state index contributed by atoms with van der Waals surface area (Å²) >= 11 is 0. The van der Waals surface area contributed by atoms with Crippen LogP contribution in [0.2, 0.25) is 0 Å². The van der Waals surface area contributed by atoms with E-state index in [2.05, 4.69) is 17.1 Å². The van der Waals surface area contributed by atoms with Crippen LogP contribution < -0.4 is 5.73 Å². The summed E-state index contributed by atoms with van der Waals surface area (Å²) in [6.45, 7) is 3.13. The van der Waals surface area contributed by atoms with Crippen LogP contribution in [0.4, 0.5) is 4.39 Å². The smallest absolute Gasteiger partial charge is 0.256 e. The fraction of sp³-hybridized carbons (Fsp3) is 0.438. The first-order chi connectivity index (χ1) is 11.1. The number of hydrogen-bond donors (Lipinski definition) is 1. The Morgan fingerprint density at radius 3 is 2.83 bits per heavy atom. The van der Waals surface area contributed by atoms with Gasteiger partial charge >= 0.3 is 0 Å². The standard InChI is InChI=1S/C16H20FN5O/c1-11-3-2-8-21(15(11)10-18)16(23)13-9-12(17)4-5-14(13)22-19-6-7-20-22/h4-7,9,11,15H,2-3,8,10,18H2,1H3/t11-,15-/m1/s1. The van der Waals surface area contributed by atoms with Crippen LogP contribution in [0.5, 0.6) is 0 Å². The first kappa shape index (κ1) is 15.6. The first-order valence-corrected chi connectivity index (χ1v) is 7.79. The minimum atomic E-state index is -0.460. The summed E-state index contributed by atoms with van der Waals surface area (Å²) in [6.07, 6.45) is 5.00. The molecule has 1 aliphatic rings. The molecule has 0 spiro atoms. The number of halogens is 1. The monoisotopic (exact) mass is 317 g/mol. The Morgan fingerprint density at radius 1 is 1.39 bits per heavy atom. The van der Waals surface area contributed by atoms with Gasteiger partial charge in [-0.1, -0.05) is 6.92 Å². The number of nitrogens with two attached hydrogens (primary N) is 1. The summed E-state index contributed by atoms with van der Waals surface area (Å²) in [6, 6.07) is 4.04. The third-order valence-corrected chi connectivity index (χ3v) is 4.44. The number of hydrogen-bond acceptors (Lipinski definition) is 4. The van der Waals surface area contributed by atoms with Gasteiger partial charge in [0.2, 0.25) is 0 Å². The van der Waals surface area contributed by atoms with Crippen LogP contribution in [-0.2, 0) is 0 Å². The lowest BCUT2D eigenvalue weighted by Crippen LogP contribution is -2.51. The lowest BCUT2D eigenvalue weighted by molar-refractivity contribution is 0.0532. The molecule has 23 heavy (non-hydrogen) atoms. The van der Waals surface area contributed by atoms with Gasteiger partial charge in [0.15, 0.2) is 0 Å². The number of nitrogens with zero attached hydrogens (tertiary/aromatic N) is 4. The predicted molar refractivity (Wildman–Crippen MR) is 83.6 cm³/mol. The van der Waals surface area contributed by atoms with Crippen molar-refractivity contribution in [3.8, 4) is 5.69 Å². The fourth-order valence-corrected chi connectivity index (χ4v) is 3.21. The molecule has 1 aromatic carbocycles. The maximum atomic E-state index is 13.7. The van der Waals surface area contributed by atoms with Crippen molar-refractivity contribution in [1.29, 1.82) is 0 Å².